The summed E-state index contributed by atoms with van der Waals surface area (Å²) in [6, 6.07) is 0.476. The second-order valence-corrected chi connectivity index (χ2v) is 6.03. The normalized spacial score (nSPS) is 17.5. The van der Waals surface area contributed by atoms with Gasteiger partial charge in [-0.3, -0.25) is 0 Å². The van der Waals surface area contributed by atoms with Crippen molar-refractivity contribution in [3.63, 3.8) is 0 Å². The van der Waals surface area contributed by atoms with Crippen molar-refractivity contribution >= 4 is 0 Å². The van der Waals surface area contributed by atoms with Gasteiger partial charge in [0.1, 0.15) is 0 Å². The Morgan fingerprint density at radius 1 is 1.00 bits per heavy atom. The van der Waals surface area contributed by atoms with Crippen molar-refractivity contribution in [2.45, 2.75) is 66.5 Å². The molecule has 2 heteroatoms. The van der Waals surface area contributed by atoms with Crippen molar-refractivity contribution in [2.24, 2.45) is 17.8 Å². The molecule has 2 nitrogen and oxygen atoms in total. The van der Waals surface area contributed by atoms with Gasteiger partial charge in [-0.1, -0.05) is 34.6 Å². The molecule has 3 unspecified atom stereocenters. The molecular weight excluding hydrogens is 210 g/mol. The van der Waals surface area contributed by atoms with Crippen LogP contribution in [0.2, 0.25) is 0 Å². The van der Waals surface area contributed by atoms with Crippen LogP contribution in [0.3, 0.4) is 0 Å². The van der Waals surface area contributed by atoms with Gasteiger partial charge in [0, 0.05) is 12.6 Å². The first-order chi connectivity index (χ1) is 7.92. The molecule has 3 atom stereocenters. The predicted octanol–water partition coefficient (Wildman–Crippen LogP) is 3.71. The fourth-order valence-electron chi connectivity index (χ4n) is 2.72. The summed E-state index contributed by atoms with van der Waals surface area (Å²) in [4.78, 5) is 0. The summed E-state index contributed by atoms with van der Waals surface area (Å²) < 4.78 is 5.90. The summed E-state index contributed by atoms with van der Waals surface area (Å²) in [5.41, 5.74) is 0. The molecule has 0 heterocycles. The minimum absolute atomic E-state index is 0.333. The van der Waals surface area contributed by atoms with Crippen LogP contribution in [0, 0.1) is 17.8 Å². The Hall–Kier alpha value is -0.0800. The van der Waals surface area contributed by atoms with Crippen LogP contribution in [0.5, 0.6) is 0 Å². The monoisotopic (exact) mass is 243 g/mol. The van der Waals surface area contributed by atoms with Gasteiger partial charge in [-0.25, -0.2) is 0 Å². The van der Waals surface area contributed by atoms with E-state index < -0.39 is 0 Å². The lowest BCUT2D eigenvalue weighted by molar-refractivity contribution is -0.000622. The number of likely N-dealkylation sites (N-methyl/N-ethyl adjacent to an activating group) is 1. The molecule has 0 rings (SSSR count). The lowest BCUT2D eigenvalue weighted by Gasteiger charge is -2.32. The van der Waals surface area contributed by atoms with Crippen molar-refractivity contribution in [3.8, 4) is 0 Å². The Kier molecular flexibility index (Phi) is 8.89. The Labute approximate surface area is 109 Å². The van der Waals surface area contributed by atoms with Gasteiger partial charge in [0.25, 0.3) is 0 Å². The van der Waals surface area contributed by atoms with Gasteiger partial charge in [0.05, 0.1) is 6.10 Å². The van der Waals surface area contributed by atoms with Crippen LogP contribution in [0.1, 0.15) is 54.4 Å². The Balaban J connectivity index is 4.36. The summed E-state index contributed by atoms with van der Waals surface area (Å²) in [5, 5.41) is 3.45. The molecule has 0 spiro atoms. The molecule has 0 saturated carbocycles. The number of ether oxygens (including phenoxy) is 1. The fourth-order valence-corrected chi connectivity index (χ4v) is 2.72. The predicted molar refractivity (Wildman–Crippen MR) is 76.3 cm³/mol. The molecule has 0 bridgehead atoms. The third-order valence-corrected chi connectivity index (χ3v) is 3.31. The van der Waals surface area contributed by atoms with E-state index in [1.165, 1.54) is 12.8 Å². The first-order valence-corrected chi connectivity index (χ1v) is 7.21. The summed E-state index contributed by atoms with van der Waals surface area (Å²) in [7, 11) is 2.06. The number of hydrogen-bond donors (Lipinski definition) is 1. The van der Waals surface area contributed by atoms with E-state index in [0.29, 0.717) is 18.1 Å². The first-order valence-electron chi connectivity index (χ1n) is 7.21. The van der Waals surface area contributed by atoms with E-state index in [9.17, 15) is 0 Å². The topological polar surface area (TPSA) is 21.3 Å². The molecule has 104 valence electrons. The fraction of sp³-hybridized carbons (Fsp3) is 1.00. The van der Waals surface area contributed by atoms with Crippen LogP contribution in [0.25, 0.3) is 0 Å². The summed E-state index contributed by atoms with van der Waals surface area (Å²) in [5.74, 6) is 2.11. The minimum Gasteiger partial charge on any atom is -0.377 e. The Bertz CT molecular complexity index is 180. The van der Waals surface area contributed by atoms with E-state index in [1.807, 2.05) is 0 Å². The highest BCUT2D eigenvalue weighted by Gasteiger charge is 2.25. The SMILES string of the molecule is CCOC(C(C)C)C(CC(C)CC(C)C)NC. The van der Waals surface area contributed by atoms with E-state index in [-0.39, 0.29) is 0 Å². The molecule has 0 aromatic rings. The largest absolute Gasteiger partial charge is 0.377 e. The Morgan fingerprint density at radius 3 is 1.94 bits per heavy atom. The van der Waals surface area contributed by atoms with Crippen molar-refractivity contribution in [2.75, 3.05) is 13.7 Å². The summed E-state index contributed by atoms with van der Waals surface area (Å²) in [6.07, 6.45) is 2.84. The molecular formula is C15H33NO. The molecule has 0 aliphatic carbocycles. The van der Waals surface area contributed by atoms with Gasteiger partial charge in [0.2, 0.25) is 0 Å². The molecule has 0 saturated heterocycles. The quantitative estimate of drug-likeness (QED) is 0.666. The molecule has 0 aromatic heterocycles. The van der Waals surface area contributed by atoms with E-state index in [1.54, 1.807) is 0 Å². The van der Waals surface area contributed by atoms with Crippen molar-refractivity contribution in [1.82, 2.24) is 5.32 Å². The van der Waals surface area contributed by atoms with Crippen LogP contribution in [0.15, 0.2) is 0 Å². The summed E-state index contributed by atoms with van der Waals surface area (Å²) >= 11 is 0. The second-order valence-electron chi connectivity index (χ2n) is 6.03. The molecule has 0 aliphatic rings. The molecule has 17 heavy (non-hydrogen) atoms. The zero-order chi connectivity index (χ0) is 13.4. The average Bonchev–Trinajstić information content (AvgIpc) is 2.21. The third kappa shape index (κ3) is 7.05. The number of nitrogens with one attached hydrogen (secondary N) is 1. The average molecular weight is 243 g/mol. The zero-order valence-electron chi connectivity index (χ0n) is 12.9. The highest BCUT2D eigenvalue weighted by molar-refractivity contribution is 4.80. The van der Waals surface area contributed by atoms with Crippen molar-refractivity contribution in [3.05, 3.63) is 0 Å². The minimum atomic E-state index is 0.333. The van der Waals surface area contributed by atoms with E-state index in [4.69, 9.17) is 4.74 Å². The second kappa shape index (κ2) is 8.93. The van der Waals surface area contributed by atoms with Crippen LogP contribution < -0.4 is 5.32 Å². The van der Waals surface area contributed by atoms with Crippen LogP contribution in [0.4, 0.5) is 0 Å². The van der Waals surface area contributed by atoms with Gasteiger partial charge < -0.3 is 10.1 Å². The van der Waals surface area contributed by atoms with Crippen LogP contribution >= 0.6 is 0 Å². The molecule has 0 radical (unpaired) electrons. The highest BCUT2D eigenvalue weighted by Crippen LogP contribution is 2.21. The van der Waals surface area contributed by atoms with Crippen molar-refractivity contribution < 1.29 is 4.74 Å². The highest BCUT2D eigenvalue weighted by atomic mass is 16.5. The lowest BCUT2D eigenvalue weighted by Crippen LogP contribution is -2.43. The standard InChI is InChI=1S/C15H33NO/c1-8-17-15(12(4)5)14(16-7)10-13(6)9-11(2)3/h11-16H,8-10H2,1-7H3. The van der Waals surface area contributed by atoms with Crippen LogP contribution in [-0.4, -0.2) is 25.8 Å². The van der Waals surface area contributed by atoms with E-state index >= 15 is 0 Å². The maximum atomic E-state index is 5.90. The molecule has 1 N–H and O–H groups in total. The maximum Gasteiger partial charge on any atom is 0.0750 e. The van der Waals surface area contributed by atoms with Gasteiger partial charge in [-0.2, -0.15) is 0 Å². The van der Waals surface area contributed by atoms with Crippen molar-refractivity contribution in [1.29, 1.82) is 0 Å². The smallest absolute Gasteiger partial charge is 0.0750 e. The van der Waals surface area contributed by atoms with Crippen LogP contribution in [-0.2, 0) is 4.74 Å². The molecule has 0 aromatic carbocycles. The number of hydrogen-bond acceptors (Lipinski definition) is 2. The van der Waals surface area contributed by atoms with E-state index in [2.05, 4.69) is 53.9 Å². The first kappa shape index (κ1) is 16.9. The zero-order valence-corrected chi connectivity index (χ0v) is 12.9. The van der Waals surface area contributed by atoms with E-state index in [0.717, 1.165) is 18.4 Å². The van der Waals surface area contributed by atoms with Gasteiger partial charge in [0.15, 0.2) is 0 Å². The summed E-state index contributed by atoms with van der Waals surface area (Å²) in [6.45, 7) is 14.3. The third-order valence-electron chi connectivity index (χ3n) is 3.31. The van der Waals surface area contributed by atoms with Gasteiger partial charge >= 0.3 is 0 Å². The van der Waals surface area contributed by atoms with Gasteiger partial charge in [-0.05, 0) is 44.6 Å². The van der Waals surface area contributed by atoms with Gasteiger partial charge in [-0.15, -0.1) is 0 Å². The molecule has 0 fully saturated rings. The molecule has 0 amide bonds. The lowest BCUT2D eigenvalue weighted by atomic mass is 9.88. The Morgan fingerprint density at radius 2 is 1.59 bits per heavy atom. The maximum absolute atomic E-state index is 5.90. The molecule has 0 aliphatic heterocycles. The number of rotatable bonds is 9.